The zero-order valence-corrected chi connectivity index (χ0v) is 14.5. The van der Waals surface area contributed by atoms with Gasteiger partial charge in [0.15, 0.2) is 0 Å². The third-order valence-electron chi connectivity index (χ3n) is 3.59. The average Bonchev–Trinajstić information content (AvgIpc) is 2.45. The summed E-state index contributed by atoms with van der Waals surface area (Å²) in [6.07, 6.45) is 10.6. The second-order valence-corrected chi connectivity index (χ2v) is 6.33. The largest absolute Gasteiger partial charge is 0.389 e. The molecule has 0 bridgehead atoms. The summed E-state index contributed by atoms with van der Waals surface area (Å²) in [6, 6.07) is 5.58. The summed E-state index contributed by atoms with van der Waals surface area (Å²) in [4.78, 5) is 0.407. The Bertz CT molecular complexity index is 435. The van der Waals surface area contributed by atoms with Crippen molar-refractivity contribution in [2.24, 2.45) is 5.73 Å². The highest BCUT2D eigenvalue weighted by molar-refractivity contribution is 7.80. The number of nitrogens with one attached hydrogen (secondary N) is 1. The van der Waals surface area contributed by atoms with Crippen LogP contribution in [0.15, 0.2) is 18.2 Å². The van der Waals surface area contributed by atoms with Crippen molar-refractivity contribution in [3.63, 3.8) is 0 Å². The molecule has 0 radical (unpaired) electrons. The van der Waals surface area contributed by atoms with E-state index in [0.717, 1.165) is 24.2 Å². The predicted molar refractivity (Wildman–Crippen MR) is 98.4 cm³/mol. The van der Waals surface area contributed by atoms with Crippen molar-refractivity contribution in [2.75, 3.05) is 11.9 Å². The van der Waals surface area contributed by atoms with Gasteiger partial charge in [0, 0.05) is 22.8 Å². The fraction of sp³-hybridized carbons (Fsp3) is 0.588. The predicted octanol–water partition coefficient (Wildman–Crippen LogP) is 5.53. The molecule has 0 atom stereocenters. The molecule has 0 amide bonds. The molecule has 1 rings (SSSR count). The second-order valence-electron chi connectivity index (χ2n) is 5.46. The van der Waals surface area contributed by atoms with Crippen LogP contribution < -0.4 is 11.1 Å². The fourth-order valence-corrected chi connectivity index (χ4v) is 2.71. The molecule has 0 spiro atoms. The molecule has 2 nitrogen and oxygen atoms in total. The summed E-state index contributed by atoms with van der Waals surface area (Å²) in [5.74, 6) is 0. The van der Waals surface area contributed by atoms with Crippen molar-refractivity contribution in [1.29, 1.82) is 0 Å². The first-order valence-electron chi connectivity index (χ1n) is 7.98. The molecule has 3 N–H and O–H groups in total. The van der Waals surface area contributed by atoms with Gasteiger partial charge in [-0.05, 0) is 24.6 Å². The monoisotopic (exact) mass is 326 g/mol. The summed E-state index contributed by atoms with van der Waals surface area (Å²) < 4.78 is 0. The van der Waals surface area contributed by atoms with Gasteiger partial charge in [-0.1, -0.05) is 75.7 Å². The van der Waals surface area contributed by atoms with Crippen LogP contribution in [0.2, 0.25) is 5.02 Å². The van der Waals surface area contributed by atoms with Gasteiger partial charge in [0.2, 0.25) is 0 Å². The Labute approximate surface area is 139 Å². The number of rotatable bonds is 11. The Kier molecular flexibility index (Phi) is 9.44. The quantitative estimate of drug-likeness (QED) is 0.415. The van der Waals surface area contributed by atoms with E-state index in [0.29, 0.717) is 10.0 Å². The van der Waals surface area contributed by atoms with Crippen molar-refractivity contribution >= 4 is 34.5 Å². The molecule has 0 saturated carbocycles. The third kappa shape index (κ3) is 7.68. The molecule has 0 aliphatic carbocycles. The standard InChI is InChI=1S/C17H27ClN2S/c1-2-3-4-5-6-7-8-9-12-20-16-13-14(18)10-11-15(16)17(19)21/h10-11,13,20H,2-9,12H2,1H3,(H2,19,21). The topological polar surface area (TPSA) is 38.0 Å². The van der Waals surface area contributed by atoms with E-state index in [1.54, 1.807) is 0 Å². The number of unbranched alkanes of at least 4 members (excludes halogenated alkanes) is 7. The highest BCUT2D eigenvalue weighted by Crippen LogP contribution is 2.21. The van der Waals surface area contributed by atoms with Crippen molar-refractivity contribution < 1.29 is 0 Å². The van der Waals surface area contributed by atoms with Gasteiger partial charge in [-0.2, -0.15) is 0 Å². The lowest BCUT2D eigenvalue weighted by molar-refractivity contribution is 0.581. The lowest BCUT2D eigenvalue weighted by atomic mass is 10.1. The Morgan fingerprint density at radius 3 is 2.33 bits per heavy atom. The normalized spacial score (nSPS) is 10.6. The molecule has 4 heteroatoms. The minimum atomic E-state index is 0.407. The SMILES string of the molecule is CCCCCCCCCCNc1cc(Cl)ccc1C(N)=S. The van der Waals surface area contributed by atoms with Crippen LogP contribution in [0.25, 0.3) is 0 Å². The summed E-state index contributed by atoms with van der Waals surface area (Å²) >= 11 is 11.1. The van der Waals surface area contributed by atoms with Gasteiger partial charge in [-0.3, -0.25) is 0 Å². The number of anilines is 1. The zero-order chi connectivity index (χ0) is 15.5. The van der Waals surface area contributed by atoms with E-state index < -0.39 is 0 Å². The summed E-state index contributed by atoms with van der Waals surface area (Å²) in [6.45, 7) is 3.19. The van der Waals surface area contributed by atoms with Gasteiger partial charge in [-0.15, -0.1) is 0 Å². The zero-order valence-electron chi connectivity index (χ0n) is 13.0. The van der Waals surface area contributed by atoms with Crippen LogP contribution in [0.1, 0.15) is 63.9 Å². The van der Waals surface area contributed by atoms with Crippen molar-refractivity contribution in [2.45, 2.75) is 58.3 Å². The lowest BCUT2D eigenvalue weighted by Gasteiger charge is -2.11. The molecule has 0 aliphatic rings. The molecule has 0 saturated heterocycles. The summed E-state index contributed by atoms with van der Waals surface area (Å²) in [7, 11) is 0. The first kappa shape index (κ1) is 18.2. The van der Waals surface area contributed by atoms with Crippen LogP contribution in [-0.2, 0) is 0 Å². The minimum absolute atomic E-state index is 0.407. The molecular formula is C17H27ClN2S. The maximum Gasteiger partial charge on any atom is 0.106 e. The summed E-state index contributed by atoms with van der Waals surface area (Å²) in [5.41, 5.74) is 7.53. The fourth-order valence-electron chi connectivity index (χ4n) is 2.36. The molecule has 0 fully saturated rings. The van der Waals surface area contributed by atoms with E-state index in [1.165, 1.54) is 44.9 Å². The number of thiocarbonyl (C=S) groups is 1. The number of hydrogen-bond acceptors (Lipinski definition) is 2. The summed E-state index contributed by atoms with van der Waals surface area (Å²) in [5, 5.41) is 4.10. The molecule has 118 valence electrons. The second kappa shape index (κ2) is 10.9. The van der Waals surface area contributed by atoms with Crippen LogP contribution in [0, 0.1) is 0 Å². The van der Waals surface area contributed by atoms with E-state index in [4.69, 9.17) is 29.6 Å². The Balaban J connectivity index is 2.21. The number of benzene rings is 1. The first-order valence-corrected chi connectivity index (χ1v) is 8.77. The Morgan fingerprint density at radius 1 is 1.10 bits per heavy atom. The average molecular weight is 327 g/mol. The number of hydrogen-bond donors (Lipinski definition) is 2. The maximum absolute atomic E-state index is 6.02. The van der Waals surface area contributed by atoms with Gasteiger partial charge in [0.1, 0.15) is 4.99 Å². The highest BCUT2D eigenvalue weighted by Gasteiger charge is 2.05. The number of nitrogens with two attached hydrogens (primary N) is 1. The highest BCUT2D eigenvalue weighted by atomic mass is 35.5. The van der Waals surface area contributed by atoms with E-state index >= 15 is 0 Å². The van der Waals surface area contributed by atoms with Crippen molar-refractivity contribution in [3.05, 3.63) is 28.8 Å². The molecule has 0 aromatic heterocycles. The van der Waals surface area contributed by atoms with E-state index in [1.807, 2.05) is 18.2 Å². The van der Waals surface area contributed by atoms with Gasteiger partial charge >= 0.3 is 0 Å². The molecule has 0 aliphatic heterocycles. The number of halogens is 1. The van der Waals surface area contributed by atoms with E-state index in [2.05, 4.69) is 12.2 Å². The van der Waals surface area contributed by atoms with E-state index in [-0.39, 0.29) is 0 Å². The van der Waals surface area contributed by atoms with Gasteiger partial charge in [0.25, 0.3) is 0 Å². The van der Waals surface area contributed by atoms with Gasteiger partial charge in [0.05, 0.1) is 0 Å². The van der Waals surface area contributed by atoms with Crippen LogP contribution in [0.4, 0.5) is 5.69 Å². The molecular weight excluding hydrogens is 300 g/mol. The molecule has 0 unspecified atom stereocenters. The first-order chi connectivity index (χ1) is 10.1. The smallest absolute Gasteiger partial charge is 0.106 e. The Hall–Kier alpha value is -0.800. The molecule has 1 aromatic rings. The van der Waals surface area contributed by atoms with E-state index in [9.17, 15) is 0 Å². The van der Waals surface area contributed by atoms with Crippen LogP contribution >= 0.6 is 23.8 Å². The molecule has 0 heterocycles. The lowest BCUT2D eigenvalue weighted by Crippen LogP contribution is -2.13. The van der Waals surface area contributed by atoms with Crippen LogP contribution in [0.5, 0.6) is 0 Å². The Morgan fingerprint density at radius 2 is 1.71 bits per heavy atom. The minimum Gasteiger partial charge on any atom is -0.389 e. The van der Waals surface area contributed by atoms with Crippen LogP contribution in [0.3, 0.4) is 0 Å². The molecule has 21 heavy (non-hydrogen) atoms. The van der Waals surface area contributed by atoms with Crippen molar-refractivity contribution in [1.82, 2.24) is 0 Å². The van der Waals surface area contributed by atoms with Gasteiger partial charge in [-0.25, -0.2) is 0 Å². The third-order valence-corrected chi connectivity index (χ3v) is 4.05. The van der Waals surface area contributed by atoms with Crippen LogP contribution in [-0.4, -0.2) is 11.5 Å². The maximum atomic E-state index is 6.02. The molecule has 1 aromatic carbocycles. The van der Waals surface area contributed by atoms with Crippen molar-refractivity contribution in [3.8, 4) is 0 Å². The van der Waals surface area contributed by atoms with Gasteiger partial charge < -0.3 is 11.1 Å².